The van der Waals surface area contributed by atoms with Crippen LogP contribution in [0.1, 0.15) is 75.7 Å². The van der Waals surface area contributed by atoms with Crippen molar-refractivity contribution in [3.05, 3.63) is 36.5 Å². The lowest BCUT2D eigenvalue weighted by Gasteiger charge is -2.56. The third-order valence-electron chi connectivity index (χ3n) is 10.1. The van der Waals surface area contributed by atoms with E-state index in [0.717, 1.165) is 11.1 Å². The molecule has 2 aliphatic rings. The summed E-state index contributed by atoms with van der Waals surface area (Å²) in [5.74, 6) is -1.00. The summed E-state index contributed by atoms with van der Waals surface area (Å²) in [4.78, 5) is 27.3. The van der Waals surface area contributed by atoms with Crippen LogP contribution in [0.5, 0.6) is 0 Å². The largest absolute Gasteiger partial charge is 0.461 e. The summed E-state index contributed by atoms with van der Waals surface area (Å²) in [7, 11) is -4.76. The van der Waals surface area contributed by atoms with Gasteiger partial charge in [0.1, 0.15) is 17.6 Å². The summed E-state index contributed by atoms with van der Waals surface area (Å²) in [5.41, 5.74) is -0.678. The number of ketones is 1. The molecule has 8 heteroatoms. The first-order valence-corrected chi connectivity index (χ1v) is 20.4. The van der Waals surface area contributed by atoms with Crippen LogP contribution in [0.15, 0.2) is 36.5 Å². The fraction of sp³-hybridized carbons (Fsp3) is 0.750. The van der Waals surface area contributed by atoms with Gasteiger partial charge in [0.2, 0.25) is 0 Å². The van der Waals surface area contributed by atoms with Crippen molar-refractivity contribution in [3.63, 3.8) is 0 Å². The molecule has 0 amide bonds. The zero-order valence-corrected chi connectivity index (χ0v) is 29.7. The van der Waals surface area contributed by atoms with Crippen LogP contribution in [0, 0.1) is 11.3 Å². The number of allylic oxidation sites excluding steroid dienone is 2. The molecule has 40 heavy (non-hydrogen) atoms. The van der Waals surface area contributed by atoms with E-state index in [1.165, 1.54) is 6.92 Å². The summed E-state index contributed by atoms with van der Waals surface area (Å²) in [6, 6.07) is 0. The number of fused-ring (bicyclic) bond motifs is 2. The Morgan fingerprint density at radius 2 is 1.55 bits per heavy atom. The molecule has 1 heterocycles. The molecule has 6 atom stereocenters. The highest BCUT2D eigenvalue weighted by Crippen LogP contribution is 2.59. The highest BCUT2D eigenvalue weighted by atomic mass is 28.4. The van der Waals surface area contributed by atoms with Gasteiger partial charge in [0.15, 0.2) is 28.0 Å². The predicted molar refractivity (Wildman–Crippen MR) is 168 cm³/mol. The molecule has 0 N–H and O–H groups in total. The van der Waals surface area contributed by atoms with E-state index in [1.54, 1.807) is 6.08 Å². The minimum absolute atomic E-state index is 0.0807. The topological polar surface area (TPSA) is 71.1 Å². The molecule has 2 bridgehead atoms. The Hall–Kier alpha value is -1.33. The monoisotopic (exact) mass is 592 g/mol. The average Bonchev–Trinajstić information content (AvgIpc) is 2.98. The lowest BCUT2D eigenvalue weighted by Crippen LogP contribution is -2.71. The number of carbonyl (C=O) groups excluding carboxylic acids is 2. The van der Waals surface area contributed by atoms with Crippen molar-refractivity contribution in [1.82, 2.24) is 0 Å². The second kappa shape index (κ2) is 11.4. The van der Waals surface area contributed by atoms with Gasteiger partial charge in [-0.3, -0.25) is 9.59 Å². The second-order valence-corrected chi connectivity index (χ2v) is 24.7. The maximum absolute atomic E-state index is 14.8. The van der Waals surface area contributed by atoms with Crippen LogP contribution in [0.4, 0.5) is 0 Å². The molecular weight excluding hydrogens is 537 g/mol. The lowest BCUT2D eigenvalue weighted by atomic mass is 9.56. The zero-order chi connectivity index (χ0) is 31.3. The third-order valence-corrected chi connectivity index (χ3v) is 19.0. The fourth-order valence-corrected chi connectivity index (χ4v) is 8.15. The van der Waals surface area contributed by atoms with Crippen molar-refractivity contribution in [3.8, 4) is 0 Å². The number of ether oxygens (including phenoxy) is 2. The molecule has 2 fully saturated rings. The van der Waals surface area contributed by atoms with Gasteiger partial charge in [0.25, 0.3) is 0 Å². The van der Waals surface area contributed by atoms with E-state index >= 15 is 0 Å². The maximum Gasteiger partial charge on any atom is 0.302 e. The molecule has 0 aromatic heterocycles. The van der Waals surface area contributed by atoms with E-state index in [-0.39, 0.29) is 22.5 Å². The maximum atomic E-state index is 14.8. The molecule has 2 rings (SSSR count). The molecule has 1 saturated heterocycles. The Balaban J connectivity index is 2.89. The van der Waals surface area contributed by atoms with Gasteiger partial charge in [0, 0.05) is 19.3 Å². The van der Waals surface area contributed by atoms with Crippen molar-refractivity contribution < 1.29 is 27.9 Å². The fourth-order valence-electron chi connectivity index (χ4n) is 5.51. The summed E-state index contributed by atoms with van der Waals surface area (Å²) in [5, 5.41) is -0.171. The van der Waals surface area contributed by atoms with Crippen LogP contribution in [0.2, 0.25) is 36.3 Å². The molecule has 228 valence electrons. The Morgan fingerprint density at radius 1 is 1.05 bits per heavy atom. The zero-order valence-electron chi connectivity index (χ0n) is 27.7. The van der Waals surface area contributed by atoms with Gasteiger partial charge in [0.05, 0.1) is 12.7 Å². The van der Waals surface area contributed by atoms with Gasteiger partial charge in [-0.1, -0.05) is 78.0 Å². The van der Waals surface area contributed by atoms with Crippen LogP contribution in [0.25, 0.3) is 0 Å². The van der Waals surface area contributed by atoms with E-state index in [9.17, 15) is 9.59 Å². The molecule has 0 unspecified atom stereocenters. The van der Waals surface area contributed by atoms with Crippen LogP contribution >= 0.6 is 0 Å². The highest BCUT2D eigenvalue weighted by Gasteiger charge is 2.74. The summed E-state index contributed by atoms with van der Waals surface area (Å²) < 4.78 is 27.0. The van der Waals surface area contributed by atoms with Gasteiger partial charge >= 0.3 is 5.97 Å². The molecule has 1 saturated carbocycles. The molecule has 0 spiro atoms. The molecule has 6 nitrogen and oxygen atoms in total. The summed E-state index contributed by atoms with van der Waals surface area (Å²) in [6.07, 6.45) is 2.19. The van der Waals surface area contributed by atoms with E-state index in [2.05, 4.69) is 80.9 Å². The van der Waals surface area contributed by atoms with E-state index in [1.807, 2.05) is 26.8 Å². The van der Waals surface area contributed by atoms with Crippen molar-refractivity contribution in [2.45, 2.75) is 136 Å². The van der Waals surface area contributed by atoms with E-state index < -0.39 is 57.8 Å². The van der Waals surface area contributed by atoms with Crippen molar-refractivity contribution >= 4 is 28.4 Å². The Bertz CT molecular complexity index is 1050. The van der Waals surface area contributed by atoms with Gasteiger partial charge in [-0.2, -0.15) is 0 Å². The molecule has 1 aliphatic carbocycles. The second-order valence-electron chi connectivity index (χ2n) is 15.2. The van der Waals surface area contributed by atoms with Crippen LogP contribution in [0.3, 0.4) is 0 Å². The van der Waals surface area contributed by atoms with Crippen LogP contribution in [-0.2, 0) is 27.9 Å². The Kier molecular flexibility index (Phi) is 9.94. The third kappa shape index (κ3) is 6.21. The summed E-state index contributed by atoms with van der Waals surface area (Å²) in [6.45, 7) is 37.5. The summed E-state index contributed by atoms with van der Waals surface area (Å²) >= 11 is 0. The predicted octanol–water partition coefficient (Wildman–Crippen LogP) is 7.77. The van der Waals surface area contributed by atoms with Gasteiger partial charge in [-0.05, 0) is 57.0 Å². The molecule has 0 aromatic rings. The van der Waals surface area contributed by atoms with E-state index in [4.69, 9.17) is 18.3 Å². The Labute approximate surface area is 246 Å². The molecule has 0 aromatic carbocycles. The highest BCUT2D eigenvalue weighted by molar-refractivity contribution is 6.74. The number of rotatable bonds is 10. The number of carbonyl (C=O) groups is 2. The SMILES string of the molecule is C=C/C(C)=C/C[C@H](OC(C)=O)[C@@]12CO[C@@](C)(C1=O)[C@@H](O[Si](C)(C)C(C)(C)C)[C@H](O[Si](C)(C)C(C)(C)C)[C@@H]2C(=C)C. The quantitative estimate of drug-likeness (QED) is 0.112. The normalized spacial score (nSPS) is 30.7. The minimum Gasteiger partial charge on any atom is -0.461 e. The molecule has 0 radical (unpaired) electrons. The lowest BCUT2D eigenvalue weighted by molar-refractivity contribution is -0.178. The van der Waals surface area contributed by atoms with Crippen molar-refractivity contribution in [2.24, 2.45) is 11.3 Å². The Morgan fingerprint density at radius 3 is 1.98 bits per heavy atom. The van der Waals surface area contributed by atoms with Crippen LogP contribution < -0.4 is 0 Å². The first-order valence-electron chi connectivity index (χ1n) is 14.6. The van der Waals surface area contributed by atoms with Crippen molar-refractivity contribution in [1.29, 1.82) is 0 Å². The van der Waals surface area contributed by atoms with Gasteiger partial charge in [-0.15, -0.1) is 0 Å². The number of hydrogen-bond donors (Lipinski definition) is 0. The minimum atomic E-state index is -2.38. The number of esters is 1. The van der Waals surface area contributed by atoms with Gasteiger partial charge in [-0.25, -0.2) is 0 Å². The van der Waals surface area contributed by atoms with E-state index in [0.29, 0.717) is 6.42 Å². The number of hydrogen-bond acceptors (Lipinski definition) is 6. The molecular formula is C32H56O6Si2. The molecule has 1 aliphatic heterocycles. The van der Waals surface area contributed by atoms with Gasteiger partial charge < -0.3 is 18.3 Å². The van der Waals surface area contributed by atoms with Crippen LogP contribution in [-0.4, -0.2) is 58.9 Å². The smallest absolute Gasteiger partial charge is 0.302 e. The first-order chi connectivity index (χ1) is 17.9. The standard InChI is InChI=1S/C32H56O6Si2/c1-17-22(4)18-19-24(36-23(5)33)32-20-35-31(12,28(32)34)27(38-40(15,16)30(9,10)11)26(25(32)21(2)3)37-39(13,14)29(6,7)8/h17-18,24-27H,1-2,19-20H2,3-16H3/b22-18+/t24-,25-,26+,27-,31+,32+/m0/s1. The number of Topliss-reactive ketones (excluding diaryl/α,β-unsaturated/α-hetero) is 1. The average molecular weight is 593 g/mol. The first kappa shape index (κ1) is 34.9. The van der Waals surface area contributed by atoms with Crippen molar-refractivity contribution in [2.75, 3.05) is 6.61 Å².